The van der Waals surface area contributed by atoms with Crippen molar-refractivity contribution in [2.24, 2.45) is 5.10 Å². The van der Waals surface area contributed by atoms with Gasteiger partial charge in [-0.2, -0.15) is 5.10 Å². The van der Waals surface area contributed by atoms with Gasteiger partial charge in [-0.05, 0) is 24.3 Å². The lowest BCUT2D eigenvalue weighted by Crippen LogP contribution is -2.18. The molecule has 0 unspecified atom stereocenters. The molecule has 33 heavy (non-hydrogen) atoms. The zero-order valence-electron chi connectivity index (χ0n) is 18.5. The van der Waals surface area contributed by atoms with Crippen molar-refractivity contribution in [2.45, 2.75) is 0 Å². The number of nitrogens with zero attached hydrogens (tertiary/aromatic N) is 2. The second-order valence-electron chi connectivity index (χ2n) is 7.10. The van der Waals surface area contributed by atoms with Gasteiger partial charge in [0.15, 0.2) is 11.5 Å². The average Bonchev–Trinajstić information content (AvgIpc) is 2.87. The Kier molecular flexibility index (Phi) is 6.50. The molecule has 0 atom stereocenters. The zero-order chi connectivity index (χ0) is 23.2. The van der Waals surface area contributed by atoms with Gasteiger partial charge in [0.25, 0.3) is 5.91 Å². The van der Waals surface area contributed by atoms with Gasteiger partial charge in [0, 0.05) is 16.5 Å². The van der Waals surface area contributed by atoms with E-state index in [0.717, 1.165) is 16.5 Å². The minimum absolute atomic E-state index is 0.338. The molecular formula is C26H23N3O4. The topological polar surface area (TPSA) is 82.0 Å². The van der Waals surface area contributed by atoms with Crippen LogP contribution in [0.3, 0.4) is 0 Å². The Hall–Kier alpha value is -4.39. The first kappa shape index (κ1) is 21.8. The minimum atomic E-state index is -0.338. The summed E-state index contributed by atoms with van der Waals surface area (Å²) < 4.78 is 16.0. The Morgan fingerprint density at radius 3 is 2.21 bits per heavy atom. The molecule has 0 fully saturated rings. The van der Waals surface area contributed by atoms with E-state index in [2.05, 4.69) is 10.5 Å². The van der Waals surface area contributed by atoms with E-state index in [1.165, 1.54) is 13.3 Å². The SMILES string of the molecule is COc1cc(/C=N/NC(=O)c2cc(-c3ccccc3)nc3ccccc23)cc(OC)c1OC. The van der Waals surface area contributed by atoms with Crippen molar-refractivity contribution in [1.29, 1.82) is 0 Å². The van der Waals surface area contributed by atoms with Gasteiger partial charge >= 0.3 is 0 Å². The molecule has 0 spiro atoms. The summed E-state index contributed by atoms with van der Waals surface area (Å²) in [6.45, 7) is 0. The summed E-state index contributed by atoms with van der Waals surface area (Å²) in [5, 5.41) is 4.88. The van der Waals surface area contributed by atoms with Gasteiger partial charge in [-0.15, -0.1) is 0 Å². The van der Waals surface area contributed by atoms with E-state index in [0.29, 0.717) is 34.1 Å². The number of para-hydroxylation sites is 1. The number of pyridine rings is 1. The van der Waals surface area contributed by atoms with Crippen molar-refractivity contribution in [3.8, 4) is 28.5 Å². The number of carbonyl (C=O) groups is 1. The van der Waals surface area contributed by atoms with Crippen molar-refractivity contribution in [3.63, 3.8) is 0 Å². The molecule has 0 saturated heterocycles. The second kappa shape index (κ2) is 9.82. The summed E-state index contributed by atoms with van der Waals surface area (Å²) in [5.74, 6) is 1.14. The van der Waals surface area contributed by atoms with Gasteiger partial charge in [0.2, 0.25) is 5.75 Å². The van der Waals surface area contributed by atoms with Gasteiger partial charge in [0.1, 0.15) is 0 Å². The van der Waals surface area contributed by atoms with E-state index in [-0.39, 0.29) is 5.91 Å². The maximum Gasteiger partial charge on any atom is 0.272 e. The molecule has 166 valence electrons. The fourth-order valence-electron chi connectivity index (χ4n) is 3.52. The molecule has 0 aliphatic carbocycles. The van der Waals surface area contributed by atoms with E-state index in [9.17, 15) is 4.79 Å². The summed E-state index contributed by atoms with van der Waals surface area (Å²) in [4.78, 5) is 17.8. The predicted octanol–water partition coefficient (Wildman–Crippen LogP) is 4.69. The third-order valence-corrected chi connectivity index (χ3v) is 5.10. The molecule has 1 aromatic heterocycles. The summed E-state index contributed by atoms with van der Waals surface area (Å²) >= 11 is 0. The van der Waals surface area contributed by atoms with Crippen LogP contribution in [-0.4, -0.2) is 38.4 Å². The summed E-state index contributed by atoms with van der Waals surface area (Å²) in [6.07, 6.45) is 1.52. The first-order valence-corrected chi connectivity index (χ1v) is 10.2. The molecule has 3 aromatic carbocycles. The molecular weight excluding hydrogens is 418 g/mol. The summed E-state index contributed by atoms with van der Waals surface area (Å²) in [5.41, 5.74) is 6.15. The largest absolute Gasteiger partial charge is 0.493 e. The second-order valence-corrected chi connectivity index (χ2v) is 7.10. The van der Waals surface area contributed by atoms with E-state index < -0.39 is 0 Å². The zero-order valence-corrected chi connectivity index (χ0v) is 18.5. The number of hydrazone groups is 1. The van der Waals surface area contributed by atoms with Crippen molar-refractivity contribution in [1.82, 2.24) is 10.4 Å². The molecule has 1 amide bonds. The number of nitrogens with one attached hydrogen (secondary N) is 1. The lowest BCUT2D eigenvalue weighted by molar-refractivity contribution is 0.0956. The number of rotatable bonds is 7. The van der Waals surface area contributed by atoms with Crippen molar-refractivity contribution < 1.29 is 19.0 Å². The fraction of sp³-hybridized carbons (Fsp3) is 0.115. The van der Waals surface area contributed by atoms with Gasteiger partial charge < -0.3 is 14.2 Å². The highest BCUT2D eigenvalue weighted by atomic mass is 16.5. The van der Waals surface area contributed by atoms with Crippen molar-refractivity contribution >= 4 is 23.0 Å². The molecule has 7 heteroatoms. The summed E-state index contributed by atoms with van der Waals surface area (Å²) in [6, 6.07) is 22.5. The minimum Gasteiger partial charge on any atom is -0.493 e. The first-order valence-electron chi connectivity index (χ1n) is 10.2. The number of amides is 1. The number of hydrogen-bond donors (Lipinski definition) is 1. The monoisotopic (exact) mass is 441 g/mol. The van der Waals surface area contributed by atoms with Crippen LogP contribution < -0.4 is 19.6 Å². The molecule has 0 aliphatic heterocycles. The maximum absolute atomic E-state index is 13.1. The quantitative estimate of drug-likeness (QED) is 0.332. The van der Waals surface area contributed by atoms with E-state index in [1.807, 2.05) is 54.6 Å². The van der Waals surface area contributed by atoms with Crippen molar-refractivity contribution in [2.75, 3.05) is 21.3 Å². The normalized spacial score (nSPS) is 10.9. The number of fused-ring (bicyclic) bond motifs is 1. The standard InChI is InChI=1S/C26H23N3O4/c1-31-23-13-17(14-24(32-2)25(23)33-3)16-27-29-26(30)20-15-22(18-9-5-4-6-10-18)28-21-12-8-7-11-19(20)21/h4-16H,1-3H3,(H,29,30)/b27-16+. The van der Waals surface area contributed by atoms with E-state index in [1.54, 1.807) is 32.4 Å². The van der Waals surface area contributed by atoms with Gasteiger partial charge in [-0.25, -0.2) is 10.4 Å². The molecule has 4 rings (SSSR count). The molecule has 7 nitrogen and oxygen atoms in total. The van der Waals surface area contributed by atoms with Gasteiger partial charge in [-0.1, -0.05) is 48.5 Å². The lowest BCUT2D eigenvalue weighted by atomic mass is 10.0. The van der Waals surface area contributed by atoms with Crippen LogP contribution in [0.1, 0.15) is 15.9 Å². The highest BCUT2D eigenvalue weighted by Crippen LogP contribution is 2.37. The Labute approximate surface area is 191 Å². The Morgan fingerprint density at radius 1 is 0.879 bits per heavy atom. The molecule has 1 heterocycles. The predicted molar refractivity (Wildman–Crippen MR) is 128 cm³/mol. The highest BCUT2D eigenvalue weighted by Gasteiger charge is 2.14. The highest BCUT2D eigenvalue weighted by molar-refractivity contribution is 6.07. The number of methoxy groups -OCH3 is 3. The molecule has 4 aromatic rings. The summed E-state index contributed by atoms with van der Waals surface area (Å²) in [7, 11) is 4.62. The van der Waals surface area contributed by atoms with Crippen molar-refractivity contribution in [3.05, 3.63) is 83.9 Å². The number of hydrogen-bond acceptors (Lipinski definition) is 6. The number of aromatic nitrogens is 1. The number of carbonyl (C=O) groups excluding carboxylic acids is 1. The molecule has 0 aliphatic rings. The molecule has 1 N–H and O–H groups in total. The van der Waals surface area contributed by atoms with Crippen LogP contribution in [-0.2, 0) is 0 Å². The van der Waals surface area contributed by atoms with E-state index >= 15 is 0 Å². The number of benzene rings is 3. The van der Waals surface area contributed by atoms with Gasteiger partial charge in [0.05, 0.1) is 44.3 Å². The third-order valence-electron chi connectivity index (χ3n) is 5.10. The van der Waals surface area contributed by atoms with Gasteiger partial charge in [-0.3, -0.25) is 4.79 Å². The van der Waals surface area contributed by atoms with Crippen LogP contribution in [0.15, 0.2) is 77.9 Å². The van der Waals surface area contributed by atoms with Crippen LogP contribution >= 0.6 is 0 Å². The van der Waals surface area contributed by atoms with Crippen LogP contribution in [0.5, 0.6) is 17.2 Å². The lowest BCUT2D eigenvalue weighted by Gasteiger charge is -2.12. The molecule has 0 radical (unpaired) electrons. The Bertz CT molecular complexity index is 1290. The Balaban J connectivity index is 1.64. The first-order chi connectivity index (χ1) is 16.1. The smallest absolute Gasteiger partial charge is 0.272 e. The third kappa shape index (κ3) is 4.62. The van der Waals surface area contributed by atoms with Crippen LogP contribution in [0, 0.1) is 0 Å². The van der Waals surface area contributed by atoms with Crippen LogP contribution in [0.25, 0.3) is 22.2 Å². The molecule has 0 bridgehead atoms. The Morgan fingerprint density at radius 2 is 1.55 bits per heavy atom. The average molecular weight is 441 g/mol. The molecule has 0 saturated carbocycles. The van der Waals surface area contributed by atoms with E-state index in [4.69, 9.17) is 19.2 Å². The number of ether oxygens (including phenoxy) is 3. The maximum atomic E-state index is 13.1. The van der Waals surface area contributed by atoms with Crippen LogP contribution in [0.2, 0.25) is 0 Å². The van der Waals surface area contributed by atoms with Crippen LogP contribution in [0.4, 0.5) is 0 Å². The fourth-order valence-corrected chi connectivity index (χ4v) is 3.52.